The summed E-state index contributed by atoms with van der Waals surface area (Å²) in [6.07, 6.45) is 0. The maximum Gasteiger partial charge on any atom is 0.430 e. The zero-order valence-electron chi connectivity index (χ0n) is 6.78. The smallest absolute Gasteiger partial charge is 0.321 e. The molecule has 1 aromatic rings. The first-order valence-electron chi connectivity index (χ1n) is 3.86. The Balaban J connectivity index is 2.61. The average Bonchev–Trinajstić information content (AvgIpc) is 2.44. The molecule has 0 unspecified atom stereocenters. The number of fused-ring (bicyclic) bond motifs is 1. The van der Waals surface area contributed by atoms with Crippen LogP contribution in [-0.4, -0.2) is 12.6 Å². The van der Waals surface area contributed by atoms with Gasteiger partial charge < -0.3 is 4.90 Å². The van der Waals surface area contributed by atoms with Crippen LogP contribution in [0, 0.1) is 11.2 Å². The van der Waals surface area contributed by atoms with Crippen molar-refractivity contribution >= 4 is 18.0 Å². The highest BCUT2D eigenvalue weighted by Crippen LogP contribution is 2.08. The van der Waals surface area contributed by atoms with E-state index in [1.165, 1.54) is 0 Å². The van der Waals surface area contributed by atoms with Crippen LogP contribution in [0.25, 0.3) is 0 Å². The lowest BCUT2D eigenvalue weighted by Crippen LogP contribution is -2.24. The molecule has 0 aromatic heterocycles. The van der Waals surface area contributed by atoms with Gasteiger partial charge >= 0.3 is 6.85 Å². The van der Waals surface area contributed by atoms with Crippen LogP contribution < -0.4 is 5.46 Å². The summed E-state index contributed by atoms with van der Waals surface area (Å²) in [5.41, 5.74) is 3.12. The van der Waals surface area contributed by atoms with Crippen LogP contribution in [-0.2, 0) is 0 Å². The molecule has 0 N–H and O–H groups in total. The molecule has 2 nitrogen and oxygen atoms in total. The third kappa shape index (κ3) is 0.852. The highest BCUT2D eigenvalue weighted by Gasteiger charge is 2.26. The predicted molar refractivity (Wildman–Crippen MR) is 49.7 cm³/mol. The molecule has 1 aromatic carbocycles. The van der Waals surface area contributed by atoms with Gasteiger partial charge in [0.2, 0.25) is 0 Å². The summed E-state index contributed by atoms with van der Waals surface area (Å²) in [4.78, 5) is 4.23. The molecule has 0 saturated carbocycles. The van der Waals surface area contributed by atoms with Crippen LogP contribution in [0.1, 0.15) is 12.5 Å². The summed E-state index contributed by atoms with van der Waals surface area (Å²) >= 11 is 0. The van der Waals surface area contributed by atoms with Crippen molar-refractivity contribution in [3.05, 3.63) is 29.8 Å². The van der Waals surface area contributed by atoms with Crippen LogP contribution in [0.4, 0.5) is 0 Å². The van der Waals surface area contributed by atoms with Gasteiger partial charge in [0.05, 0.1) is 0 Å². The Bertz CT molecular complexity index is 390. The zero-order chi connectivity index (χ0) is 8.55. The number of benzene rings is 1. The van der Waals surface area contributed by atoms with Gasteiger partial charge in [-0.3, -0.25) is 0 Å². The molecule has 12 heavy (non-hydrogen) atoms. The minimum atomic E-state index is -0.277. The lowest BCUT2D eigenvalue weighted by molar-refractivity contribution is 1.55. The maximum atomic E-state index is 8.77. The van der Waals surface area contributed by atoms with Crippen molar-refractivity contribution in [3.8, 4) is 5.97 Å². The van der Waals surface area contributed by atoms with Gasteiger partial charge in [-0.15, -0.1) is 0 Å². The average molecular weight is 154 g/mol. The normalized spacial score (nSPS) is 13.7. The van der Waals surface area contributed by atoms with E-state index in [4.69, 9.17) is 5.26 Å². The van der Waals surface area contributed by atoms with E-state index in [0.29, 0.717) is 0 Å². The summed E-state index contributed by atoms with van der Waals surface area (Å²) in [5.74, 6) is 2.16. The van der Waals surface area contributed by atoms with Gasteiger partial charge in [-0.1, -0.05) is 24.3 Å². The maximum absolute atomic E-state index is 8.77. The number of hydrogen-bond acceptors (Lipinski definition) is 2. The molecule has 1 aliphatic rings. The summed E-state index contributed by atoms with van der Waals surface area (Å²) in [6.45, 7) is 1.66. The molecule has 1 heterocycles. The third-order valence-electron chi connectivity index (χ3n) is 2.09. The predicted octanol–water partition coefficient (Wildman–Crippen LogP) is 0.770. The fourth-order valence-corrected chi connectivity index (χ4v) is 1.50. The molecular formula is C9H7BN2. The van der Waals surface area contributed by atoms with Gasteiger partial charge in [-0.25, -0.2) is 5.26 Å². The Hall–Kier alpha value is -1.56. The summed E-state index contributed by atoms with van der Waals surface area (Å²) in [5, 5.41) is 8.77. The second kappa shape index (κ2) is 2.49. The van der Waals surface area contributed by atoms with Gasteiger partial charge in [0.1, 0.15) is 0 Å². The fourth-order valence-electron chi connectivity index (χ4n) is 1.50. The van der Waals surface area contributed by atoms with E-state index in [2.05, 4.69) is 10.9 Å². The molecule has 0 radical (unpaired) electrons. The summed E-state index contributed by atoms with van der Waals surface area (Å²) in [6, 6.07) is 7.88. The van der Waals surface area contributed by atoms with Crippen LogP contribution in [0.2, 0.25) is 0 Å². The first kappa shape index (κ1) is 7.11. The van der Waals surface area contributed by atoms with Crippen molar-refractivity contribution < 1.29 is 0 Å². The highest BCUT2D eigenvalue weighted by molar-refractivity contribution is 6.82. The van der Waals surface area contributed by atoms with Crippen molar-refractivity contribution in [1.82, 2.24) is 0 Å². The Morgan fingerprint density at radius 1 is 1.42 bits per heavy atom. The number of hydrogen-bond donors (Lipinski definition) is 0. The van der Waals surface area contributed by atoms with Gasteiger partial charge in [0, 0.05) is 11.7 Å². The molecule has 0 atom stereocenters. The number of nitrogens with zero attached hydrogens (tertiary/aromatic N) is 2. The lowest BCUT2D eigenvalue weighted by atomic mass is 9.59. The molecule has 0 aliphatic carbocycles. The second-order valence-corrected chi connectivity index (χ2v) is 2.83. The summed E-state index contributed by atoms with van der Waals surface area (Å²) < 4.78 is 0. The van der Waals surface area contributed by atoms with E-state index in [1.54, 1.807) is 0 Å². The third-order valence-corrected chi connectivity index (χ3v) is 2.09. The minimum absolute atomic E-state index is 0.277. The second-order valence-electron chi connectivity index (χ2n) is 2.83. The van der Waals surface area contributed by atoms with Gasteiger partial charge in [-0.2, -0.15) is 0 Å². The van der Waals surface area contributed by atoms with E-state index < -0.39 is 0 Å². The number of nitriles is 1. The lowest BCUT2D eigenvalue weighted by Gasteiger charge is -1.96. The Morgan fingerprint density at radius 3 is 2.92 bits per heavy atom. The van der Waals surface area contributed by atoms with Gasteiger partial charge in [0.15, 0.2) is 0 Å². The van der Waals surface area contributed by atoms with E-state index in [1.807, 2.05) is 31.2 Å². The van der Waals surface area contributed by atoms with E-state index in [0.717, 1.165) is 16.7 Å². The Kier molecular flexibility index (Phi) is 1.48. The Morgan fingerprint density at radius 2 is 2.17 bits per heavy atom. The molecule has 2 rings (SSSR count). The summed E-state index contributed by atoms with van der Waals surface area (Å²) in [7, 11) is 0. The van der Waals surface area contributed by atoms with Crippen LogP contribution in [0.15, 0.2) is 29.2 Å². The standard InChI is InChI=1S/C9H7BN2/c1-7-8-4-2-3-5-9(8)10(6-11)12-7/h2-5H,1H3. The highest BCUT2D eigenvalue weighted by atomic mass is 14.7. The van der Waals surface area contributed by atoms with E-state index in [9.17, 15) is 0 Å². The first-order valence-corrected chi connectivity index (χ1v) is 3.86. The van der Waals surface area contributed by atoms with Crippen molar-refractivity contribution in [2.75, 3.05) is 0 Å². The molecule has 0 amide bonds. The van der Waals surface area contributed by atoms with Crippen molar-refractivity contribution in [2.24, 2.45) is 4.90 Å². The van der Waals surface area contributed by atoms with Gasteiger partial charge in [0.25, 0.3) is 0 Å². The quantitative estimate of drug-likeness (QED) is 0.508. The Labute approximate surface area is 71.7 Å². The molecule has 3 heteroatoms. The first-order chi connectivity index (χ1) is 5.83. The van der Waals surface area contributed by atoms with Crippen molar-refractivity contribution in [3.63, 3.8) is 0 Å². The molecule has 0 spiro atoms. The molecule has 0 saturated heterocycles. The van der Waals surface area contributed by atoms with Gasteiger partial charge in [-0.05, 0) is 17.9 Å². The monoisotopic (exact) mass is 154 g/mol. The molecule has 0 bridgehead atoms. The molecule has 56 valence electrons. The minimum Gasteiger partial charge on any atom is -0.321 e. The van der Waals surface area contributed by atoms with Crippen molar-refractivity contribution in [2.45, 2.75) is 6.92 Å². The van der Waals surface area contributed by atoms with Crippen LogP contribution in [0.3, 0.4) is 0 Å². The number of rotatable bonds is 0. The topological polar surface area (TPSA) is 36.1 Å². The van der Waals surface area contributed by atoms with Crippen LogP contribution in [0.5, 0.6) is 0 Å². The molecular weight excluding hydrogens is 147 g/mol. The SMILES string of the molecule is CC1=NB(C#N)c2ccccc21. The van der Waals surface area contributed by atoms with E-state index >= 15 is 0 Å². The fraction of sp³-hybridized carbons (Fsp3) is 0.111. The zero-order valence-corrected chi connectivity index (χ0v) is 6.78. The molecule has 0 fully saturated rings. The van der Waals surface area contributed by atoms with Crippen LogP contribution >= 0.6 is 0 Å². The van der Waals surface area contributed by atoms with E-state index in [-0.39, 0.29) is 6.85 Å². The molecule has 1 aliphatic heterocycles. The largest absolute Gasteiger partial charge is 0.430 e. The van der Waals surface area contributed by atoms with Crippen molar-refractivity contribution in [1.29, 1.82) is 5.26 Å².